The van der Waals surface area contributed by atoms with Crippen molar-refractivity contribution >= 4 is 102 Å². The third kappa shape index (κ3) is 3.45. The van der Waals surface area contributed by atoms with Crippen molar-refractivity contribution < 1.29 is 0 Å². The monoisotopic (exact) mass is 708 g/mol. The Hall–Kier alpha value is -7.17. The molecule has 0 atom stereocenters. The van der Waals surface area contributed by atoms with Gasteiger partial charge >= 0.3 is 13.7 Å². The van der Waals surface area contributed by atoms with Crippen LogP contribution in [-0.2, 0) is 0 Å². The first-order chi connectivity index (χ1) is 27.8. The van der Waals surface area contributed by atoms with Crippen LogP contribution in [0, 0.1) is 0 Å². The number of rotatable bonds is 2. The van der Waals surface area contributed by atoms with Gasteiger partial charge < -0.3 is 18.8 Å². The van der Waals surface area contributed by atoms with Crippen LogP contribution in [0.2, 0.25) is 0 Å². The second-order valence-corrected chi connectivity index (χ2v) is 15.7. The fourth-order valence-corrected chi connectivity index (χ4v) is 11.0. The van der Waals surface area contributed by atoms with Crippen molar-refractivity contribution in [3.63, 3.8) is 0 Å². The molecule has 8 aromatic carbocycles. The summed E-state index contributed by atoms with van der Waals surface area (Å²) >= 11 is 0. The normalized spacial score (nSPS) is 13.9. The van der Waals surface area contributed by atoms with Crippen molar-refractivity contribution in [1.82, 2.24) is 8.96 Å². The summed E-state index contributed by atoms with van der Waals surface area (Å²) in [6.45, 7) is 0.0550. The van der Waals surface area contributed by atoms with Crippen molar-refractivity contribution in [2.45, 2.75) is 0 Å². The minimum absolute atomic E-state index is 0.0275. The average Bonchev–Trinajstić information content (AvgIpc) is 3.90. The highest BCUT2D eigenvalue weighted by molar-refractivity contribution is 6.91. The Bertz CT molecular complexity index is 3120. The van der Waals surface area contributed by atoms with E-state index in [1.54, 1.807) is 0 Å². The molecule has 0 radical (unpaired) electrons. The van der Waals surface area contributed by atoms with Gasteiger partial charge in [-0.3, -0.25) is 0 Å². The lowest BCUT2D eigenvalue weighted by Gasteiger charge is -2.43. The molecule has 4 aliphatic rings. The Morgan fingerprint density at radius 3 is 1.25 bits per heavy atom. The molecule has 4 aliphatic heterocycles. The Morgan fingerprint density at radius 2 is 0.786 bits per heavy atom. The fourth-order valence-electron chi connectivity index (χ4n) is 11.0. The maximum absolute atomic E-state index is 2.55. The Labute approximate surface area is 324 Å². The van der Waals surface area contributed by atoms with Gasteiger partial charge in [0.1, 0.15) is 0 Å². The van der Waals surface area contributed by atoms with Crippen LogP contribution in [0.1, 0.15) is 0 Å². The highest BCUT2D eigenvalue weighted by Gasteiger charge is 2.46. The van der Waals surface area contributed by atoms with Crippen molar-refractivity contribution in [1.29, 1.82) is 0 Å². The first-order valence-corrected chi connectivity index (χ1v) is 19.6. The van der Waals surface area contributed by atoms with Gasteiger partial charge in [-0.05, 0) is 128 Å². The highest BCUT2D eigenvalue weighted by Crippen LogP contribution is 2.51. The number of aromatic nitrogens is 2. The lowest BCUT2D eigenvalue weighted by molar-refractivity contribution is 1.23. The highest BCUT2D eigenvalue weighted by atomic mass is 15.2. The van der Waals surface area contributed by atoms with Crippen LogP contribution in [-0.4, -0.2) is 22.7 Å². The van der Waals surface area contributed by atoms with E-state index in [0.29, 0.717) is 0 Å². The second-order valence-electron chi connectivity index (χ2n) is 15.7. The molecule has 0 spiro atoms. The number of nitrogens with zero attached hydrogens (tertiary/aromatic N) is 4. The number of hydrogen-bond acceptors (Lipinski definition) is 2. The van der Waals surface area contributed by atoms with E-state index in [-0.39, 0.29) is 13.7 Å². The zero-order valence-electron chi connectivity index (χ0n) is 30.3. The summed E-state index contributed by atoms with van der Waals surface area (Å²) in [5, 5.41) is 5.14. The average molecular weight is 708 g/mol. The van der Waals surface area contributed by atoms with E-state index >= 15 is 0 Å². The minimum atomic E-state index is 0.0275. The summed E-state index contributed by atoms with van der Waals surface area (Å²) in [6, 6.07) is 63.5. The Balaban J connectivity index is 1.23. The van der Waals surface area contributed by atoms with Crippen LogP contribution in [0.5, 0.6) is 0 Å². The molecule has 0 N–H and O–H groups in total. The number of anilines is 6. The molecule has 6 heteroatoms. The maximum Gasteiger partial charge on any atom is 0.332 e. The fraction of sp³-hybridized carbons (Fsp3) is 0. The van der Waals surface area contributed by atoms with Gasteiger partial charge in [0, 0.05) is 56.3 Å². The van der Waals surface area contributed by atoms with Gasteiger partial charge in [-0.2, -0.15) is 0 Å². The topological polar surface area (TPSA) is 16.3 Å². The number of benzene rings is 8. The molecule has 2 aromatic heterocycles. The molecule has 0 bridgehead atoms. The van der Waals surface area contributed by atoms with Crippen LogP contribution < -0.4 is 31.7 Å². The quantitative estimate of drug-likeness (QED) is 0.167. The first-order valence-electron chi connectivity index (χ1n) is 19.6. The van der Waals surface area contributed by atoms with Gasteiger partial charge in [0.15, 0.2) is 0 Å². The molecule has 256 valence electrons. The summed E-state index contributed by atoms with van der Waals surface area (Å²) in [5.41, 5.74) is 20.5. The molecule has 14 rings (SSSR count). The van der Waals surface area contributed by atoms with Gasteiger partial charge in [0.25, 0.3) is 0 Å². The van der Waals surface area contributed by atoms with Crippen LogP contribution in [0.25, 0.3) is 54.8 Å². The van der Waals surface area contributed by atoms with E-state index in [4.69, 9.17) is 0 Å². The molecular weight excluding hydrogens is 678 g/mol. The molecule has 0 aliphatic carbocycles. The van der Waals surface area contributed by atoms with Crippen molar-refractivity contribution in [3.05, 3.63) is 182 Å². The van der Waals surface area contributed by atoms with E-state index in [1.165, 1.54) is 111 Å². The molecule has 56 heavy (non-hydrogen) atoms. The van der Waals surface area contributed by atoms with Crippen LogP contribution >= 0.6 is 0 Å². The van der Waals surface area contributed by atoms with E-state index in [9.17, 15) is 0 Å². The predicted octanol–water partition coefficient (Wildman–Crippen LogP) is 9.58. The summed E-state index contributed by atoms with van der Waals surface area (Å²) < 4.78 is 5.09. The lowest BCUT2D eigenvalue weighted by atomic mass is 9.43. The smallest absolute Gasteiger partial charge is 0.332 e. The first kappa shape index (κ1) is 29.2. The zero-order valence-corrected chi connectivity index (χ0v) is 30.3. The van der Waals surface area contributed by atoms with E-state index in [0.717, 1.165) is 0 Å². The van der Waals surface area contributed by atoms with Crippen LogP contribution in [0.3, 0.4) is 0 Å². The minimum Gasteiger partial charge on any atom is -0.382 e. The third-order valence-corrected chi connectivity index (χ3v) is 13.1. The summed E-state index contributed by atoms with van der Waals surface area (Å²) in [7, 11) is 0. The van der Waals surface area contributed by atoms with E-state index in [2.05, 4.69) is 201 Å². The molecular formula is C50H30B2N4. The second kappa shape index (κ2) is 10.3. The predicted molar refractivity (Wildman–Crippen MR) is 236 cm³/mol. The molecule has 6 heterocycles. The zero-order chi connectivity index (χ0) is 36.2. The summed E-state index contributed by atoms with van der Waals surface area (Å²) in [4.78, 5) is 5.06. The van der Waals surface area contributed by atoms with Gasteiger partial charge in [-0.25, -0.2) is 0 Å². The Kier molecular flexibility index (Phi) is 5.38. The van der Waals surface area contributed by atoms with Gasteiger partial charge in [-0.1, -0.05) is 109 Å². The van der Waals surface area contributed by atoms with Crippen LogP contribution in [0.4, 0.5) is 34.1 Å². The standard InChI is InChI=1S/C50H30B2N4/c1-3-15-33(16-4-1)55-41-23-9-7-21-39(41)51-47-43(55)29-37-38(45(47)35-19-11-13-31-25-27-53(51)49(31)35)30-44-48-46(37)36-20-12-14-32-26-28-54(50(32)36)52(48)40-22-8-10-24-42(40)56(44)34-17-5-2-6-18-34/h1-30H. The molecule has 0 saturated carbocycles. The molecule has 0 saturated heterocycles. The van der Waals surface area contributed by atoms with Crippen molar-refractivity contribution in [3.8, 4) is 22.3 Å². The van der Waals surface area contributed by atoms with Crippen molar-refractivity contribution in [2.24, 2.45) is 0 Å². The maximum atomic E-state index is 2.55. The van der Waals surface area contributed by atoms with E-state index < -0.39 is 0 Å². The largest absolute Gasteiger partial charge is 0.382 e. The number of hydrogen-bond donors (Lipinski definition) is 0. The van der Waals surface area contributed by atoms with Gasteiger partial charge in [-0.15, -0.1) is 0 Å². The third-order valence-electron chi connectivity index (χ3n) is 13.1. The van der Waals surface area contributed by atoms with Crippen LogP contribution in [0.15, 0.2) is 182 Å². The Morgan fingerprint density at radius 1 is 0.357 bits per heavy atom. The van der Waals surface area contributed by atoms with Gasteiger partial charge in [0.2, 0.25) is 0 Å². The molecule has 4 nitrogen and oxygen atoms in total. The number of fused-ring (bicyclic) bond motifs is 11. The summed E-state index contributed by atoms with van der Waals surface area (Å²) in [5.74, 6) is 0. The lowest BCUT2D eigenvalue weighted by Crippen LogP contribution is -2.57. The summed E-state index contributed by atoms with van der Waals surface area (Å²) in [6.07, 6.45) is 4.63. The molecule has 0 unspecified atom stereocenters. The van der Waals surface area contributed by atoms with E-state index in [1.807, 2.05) is 0 Å². The molecule has 0 fully saturated rings. The number of para-hydroxylation sites is 6. The molecule has 0 amide bonds. The SMILES string of the molecule is c1ccc(N2c3ccccc3B3c4c2cc2c5c6c(cc2c4-c2cccc4ccn3c24)N(c2ccccc2)c2ccccc2B6n2ccc3cccc-5c32)cc1. The van der Waals surface area contributed by atoms with Gasteiger partial charge in [0.05, 0.1) is 0 Å². The van der Waals surface area contributed by atoms with Crippen molar-refractivity contribution in [2.75, 3.05) is 9.80 Å². The molecule has 10 aromatic rings.